The normalized spacial score (nSPS) is 13.4. The second-order valence-electron chi connectivity index (χ2n) is 9.47. The van der Waals surface area contributed by atoms with Gasteiger partial charge in [0.1, 0.15) is 0 Å². The highest BCUT2D eigenvalue weighted by Gasteiger charge is 2.16. The molecular formula is C25H33N5O4S. The number of aliphatic hydroxyl groups excluding tert-OH is 1. The predicted molar refractivity (Wildman–Crippen MR) is 138 cm³/mol. The Kier molecular flexibility index (Phi) is 8.44. The summed E-state index contributed by atoms with van der Waals surface area (Å²) < 4.78 is 28.9. The van der Waals surface area contributed by atoms with Crippen LogP contribution in [0.5, 0.6) is 0 Å². The fraction of sp³-hybridized carbons (Fsp3) is 0.360. The largest absolute Gasteiger partial charge is 0.390 e. The van der Waals surface area contributed by atoms with Gasteiger partial charge in [-0.15, -0.1) is 0 Å². The summed E-state index contributed by atoms with van der Waals surface area (Å²) in [5, 5.41) is 18.7. The molecule has 1 atom stereocenters. The molecule has 0 aliphatic heterocycles. The van der Waals surface area contributed by atoms with Crippen LogP contribution >= 0.6 is 0 Å². The molecule has 1 aromatic heterocycles. The van der Waals surface area contributed by atoms with Gasteiger partial charge in [-0.2, -0.15) is 5.10 Å². The van der Waals surface area contributed by atoms with Crippen LogP contribution < -0.4 is 15.5 Å². The second-order valence-corrected chi connectivity index (χ2v) is 11.2. The van der Waals surface area contributed by atoms with Gasteiger partial charge in [0.2, 0.25) is 10.0 Å². The summed E-state index contributed by atoms with van der Waals surface area (Å²) >= 11 is 0. The van der Waals surface area contributed by atoms with Gasteiger partial charge in [-0.3, -0.25) is 4.79 Å². The first-order chi connectivity index (χ1) is 16.4. The molecule has 0 fully saturated rings. The topological polar surface area (TPSA) is 125 Å². The molecule has 0 saturated heterocycles. The lowest BCUT2D eigenvalue weighted by Gasteiger charge is -2.23. The molecule has 0 aliphatic rings. The Morgan fingerprint density at radius 1 is 1.14 bits per heavy atom. The van der Waals surface area contributed by atoms with Gasteiger partial charge in [0.15, 0.2) is 0 Å². The van der Waals surface area contributed by atoms with Crippen LogP contribution in [0.1, 0.15) is 31.9 Å². The van der Waals surface area contributed by atoms with E-state index in [0.717, 1.165) is 22.0 Å². The minimum Gasteiger partial charge on any atom is -0.390 e. The molecule has 0 saturated carbocycles. The number of nitrogens with one attached hydrogen (secondary N) is 3. The molecule has 0 aliphatic carbocycles. The summed E-state index contributed by atoms with van der Waals surface area (Å²) in [6, 6.07) is 14.1. The maximum absolute atomic E-state index is 12.3. The van der Waals surface area contributed by atoms with Gasteiger partial charge in [-0.05, 0) is 45.9 Å². The molecule has 1 heterocycles. The lowest BCUT2D eigenvalue weighted by Crippen LogP contribution is -2.41. The van der Waals surface area contributed by atoms with Crippen molar-refractivity contribution in [1.29, 1.82) is 0 Å². The fourth-order valence-electron chi connectivity index (χ4n) is 3.42. The number of carbonyl (C=O) groups excluding carboxylic acids is 1. The zero-order chi connectivity index (χ0) is 25.6. The SMILES string of the molecule is Cc1ccc(S(=O)(=O)NCC(=O)N/N=C/c2cn(CC(O)CNC(C)(C)C)c3ccccc23)cc1. The number of rotatable bonds is 10. The van der Waals surface area contributed by atoms with Crippen molar-refractivity contribution < 1.29 is 18.3 Å². The van der Waals surface area contributed by atoms with Gasteiger partial charge in [0.25, 0.3) is 5.91 Å². The van der Waals surface area contributed by atoms with Crippen molar-refractivity contribution in [3.8, 4) is 0 Å². The summed E-state index contributed by atoms with van der Waals surface area (Å²) in [6.45, 7) is 8.39. The Bertz CT molecular complexity index is 1290. The number of para-hydroxylation sites is 1. The van der Waals surface area contributed by atoms with Crippen LogP contribution in [0.3, 0.4) is 0 Å². The van der Waals surface area contributed by atoms with Crippen LogP contribution in [0.2, 0.25) is 0 Å². The minimum absolute atomic E-state index is 0.0899. The summed E-state index contributed by atoms with van der Waals surface area (Å²) in [5.74, 6) is -0.593. The molecule has 2 aromatic carbocycles. The highest BCUT2D eigenvalue weighted by molar-refractivity contribution is 7.89. The van der Waals surface area contributed by atoms with E-state index in [-0.39, 0.29) is 10.4 Å². The Hall–Kier alpha value is -3.05. The zero-order valence-corrected chi connectivity index (χ0v) is 21.3. The van der Waals surface area contributed by atoms with E-state index < -0.39 is 28.6 Å². The van der Waals surface area contributed by atoms with Gasteiger partial charge >= 0.3 is 0 Å². The van der Waals surface area contributed by atoms with Crippen LogP contribution in [0, 0.1) is 6.92 Å². The van der Waals surface area contributed by atoms with E-state index in [1.165, 1.54) is 18.3 Å². The van der Waals surface area contributed by atoms with E-state index in [1.807, 2.05) is 62.7 Å². The summed E-state index contributed by atoms with van der Waals surface area (Å²) in [5.41, 5.74) is 4.89. The maximum atomic E-state index is 12.3. The second kappa shape index (κ2) is 11.1. The summed E-state index contributed by atoms with van der Waals surface area (Å²) in [4.78, 5) is 12.2. The van der Waals surface area contributed by atoms with Crippen molar-refractivity contribution in [2.45, 2.75) is 50.8 Å². The molecule has 3 aromatic rings. The minimum atomic E-state index is -3.80. The molecule has 10 heteroatoms. The fourth-order valence-corrected chi connectivity index (χ4v) is 4.40. The average Bonchev–Trinajstić information content (AvgIpc) is 3.14. The number of fused-ring (bicyclic) bond motifs is 1. The number of β-amino-alcohol motifs (C(OH)–C–C–N with tert-alkyl or cyclic N) is 1. The lowest BCUT2D eigenvalue weighted by atomic mass is 10.1. The van der Waals surface area contributed by atoms with Crippen LogP contribution in [0.25, 0.3) is 10.9 Å². The molecule has 0 bridgehead atoms. The highest BCUT2D eigenvalue weighted by Crippen LogP contribution is 2.20. The van der Waals surface area contributed by atoms with Crippen LogP contribution in [0.4, 0.5) is 0 Å². The quantitative estimate of drug-likeness (QED) is 0.251. The Balaban J connectivity index is 1.62. The van der Waals surface area contributed by atoms with E-state index in [9.17, 15) is 18.3 Å². The average molecular weight is 500 g/mol. The number of aryl methyl sites for hydroxylation is 1. The summed E-state index contributed by atoms with van der Waals surface area (Å²) in [7, 11) is -3.80. The monoisotopic (exact) mass is 499 g/mol. The number of benzene rings is 2. The Labute approximate surface area is 206 Å². The van der Waals surface area contributed by atoms with Crippen LogP contribution in [-0.2, 0) is 21.4 Å². The molecule has 1 unspecified atom stereocenters. The Morgan fingerprint density at radius 2 is 1.83 bits per heavy atom. The van der Waals surface area contributed by atoms with Crippen molar-refractivity contribution in [1.82, 2.24) is 20.0 Å². The third-order valence-corrected chi connectivity index (χ3v) is 6.66. The molecule has 35 heavy (non-hydrogen) atoms. The first-order valence-electron chi connectivity index (χ1n) is 11.3. The molecule has 3 rings (SSSR count). The number of hydrazone groups is 1. The van der Waals surface area contributed by atoms with Crippen molar-refractivity contribution >= 4 is 33.0 Å². The van der Waals surface area contributed by atoms with Gasteiger partial charge < -0.3 is 15.0 Å². The highest BCUT2D eigenvalue weighted by atomic mass is 32.2. The molecule has 1 amide bonds. The van der Waals surface area contributed by atoms with E-state index >= 15 is 0 Å². The number of aromatic nitrogens is 1. The van der Waals surface area contributed by atoms with Crippen molar-refractivity contribution in [3.63, 3.8) is 0 Å². The molecule has 188 valence electrons. The van der Waals surface area contributed by atoms with E-state index in [2.05, 4.69) is 20.6 Å². The first-order valence-corrected chi connectivity index (χ1v) is 12.8. The van der Waals surface area contributed by atoms with Crippen LogP contribution in [-0.4, -0.2) is 54.9 Å². The van der Waals surface area contributed by atoms with E-state index in [4.69, 9.17) is 0 Å². The van der Waals surface area contributed by atoms with Gasteiger partial charge in [-0.25, -0.2) is 18.6 Å². The molecule has 0 radical (unpaired) electrons. The first kappa shape index (κ1) is 26.6. The molecule has 0 spiro atoms. The van der Waals surface area contributed by atoms with E-state index in [0.29, 0.717) is 13.1 Å². The third kappa shape index (κ3) is 7.72. The Morgan fingerprint density at radius 3 is 2.51 bits per heavy atom. The number of carbonyl (C=O) groups is 1. The third-order valence-electron chi connectivity index (χ3n) is 5.24. The van der Waals surface area contributed by atoms with E-state index in [1.54, 1.807) is 12.1 Å². The van der Waals surface area contributed by atoms with Crippen LogP contribution in [0.15, 0.2) is 64.7 Å². The van der Waals surface area contributed by atoms with Crippen molar-refractivity contribution in [3.05, 3.63) is 65.9 Å². The van der Waals surface area contributed by atoms with Gasteiger partial charge in [-0.1, -0.05) is 35.9 Å². The maximum Gasteiger partial charge on any atom is 0.255 e. The number of amides is 1. The number of hydrogen-bond acceptors (Lipinski definition) is 6. The smallest absolute Gasteiger partial charge is 0.255 e. The standard InChI is InChI=1S/C25H33N5O4S/c1-18-9-11-21(12-10-18)35(33,34)28-15-24(32)29-27-13-19-16-30(23-8-6-5-7-22(19)23)17-20(31)14-26-25(2,3)4/h5-13,16,20,26,28,31H,14-15,17H2,1-4H3,(H,29,32)/b27-13+. The van der Waals surface area contributed by atoms with Crippen molar-refractivity contribution in [2.24, 2.45) is 5.10 Å². The number of sulfonamides is 1. The number of hydrogen-bond donors (Lipinski definition) is 4. The lowest BCUT2D eigenvalue weighted by molar-refractivity contribution is -0.119. The van der Waals surface area contributed by atoms with Gasteiger partial charge in [0.05, 0.1) is 23.8 Å². The zero-order valence-electron chi connectivity index (χ0n) is 20.4. The molecule has 9 nitrogen and oxygen atoms in total. The predicted octanol–water partition coefficient (Wildman–Crippen LogP) is 2.13. The molecule has 4 N–H and O–H groups in total. The number of nitrogens with zero attached hydrogens (tertiary/aromatic N) is 2. The van der Waals surface area contributed by atoms with Crippen molar-refractivity contribution in [2.75, 3.05) is 13.1 Å². The summed E-state index contributed by atoms with van der Waals surface area (Å²) in [6.07, 6.45) is 2.78. The van der Waals surface area contributed by atoms with Gasteiger partial charge in [0, 0.05) is 41.3 Å². The number of aliphatic hydroxyl groups is 1. The molecular weight excluding hydrogens is 466 g/mol.